The zero-order valence-electron chi connectivity index (χ0n) is 11.8. The minimum atomic E-state index is -4.71. The first-order chi connectivity index (χ1) is 10.0. The Bertz CT molecular complexity index is 662. The summed E-state index contributed by atoms with van der Waals surface area (Å²) in [5, 5.41) is -0.527. The van der Waals surface area contributed by atoms with Crippen LogP contribution in [0.2, 0.25) is 5.02 Å². The van der Waals surface area contributed by atoms with Crippen LogP contribution in [0, 0.1) is 5.92 Å². The predicted molar refractivity (Wildman–Crippen MR) is 77.0 cm³/mol. The van der Waals surface area contributed by atoms with Crippen molar-refractivity contribution in [1.82, 2.24) is 4.31 Å². The van der Waals surface area contributed by atoms with Crippen LogP contribution in [-0.4, -0.2) is 31.9 Å². The molecule has 2 N–H and O–H groups in total. The van der Waals surface area contributed by atoms with E-state index < -0.39 is 31.7 Å². The maximum absolute atomic E-state index is 12.9. The highest BCUT2D eigenvalue weighted by molar-refractivity contribution is 7.89. The van der Waals surface area contributed by atoms with E-state index in [4.69, 9.17) is 17.3 Å². The molecule has 2 rings (SSSR count). The zero-order chi connectivity index (χ0) is 16.7. The second kappa shape index (κ2) is 5.99. The molecule has 1 fully saturated rings. The highest BCUT2D eigenvalue weighted by Gasteiger charge is 2.37. The van der Waals surface area contributed by atoms with Gasteiger partial charge in [-0.1, -0.05) is 11.6 Å². The maximum atomic E-state index is 12.9. The van der Waals surface area contributed by atoms with Crippen molar-refractivity contribution in [3.63, 3.8) is 0 Å². The molecule has 0 spiro atoms. The molecule has 0 amide bonds. The SMILES string of the molecule is CC(N)C1CCN(S(=O)(=O)c2ccc(Cl)c(C(F)(F)F)c2)C1. The summed E-state index contributed by atoms with van der Waals surface area (Å²) >= 11 is 5.51. The van der Waals surface area contributed by atoms with E-state index in [0.29, 0.717) is 12.5 Å². The van der Waals surface area contributed by atoms with Gasteiger partial charge in [-0.3, -0.25) is 0 Å². The molecule has 9 heteroatoms. The third-order valence-electron chi connectivity index (χ3n) is 3.81. The lowest BCUT2D eigenvalue weighted by atomic mass is 10.0. The summed E-state index contributed by atoms with van der Waals surface area (Å²) in [6.07, 6.45) is -4.11. The van der Waals surface area contributed by atoms with Crippen molar-refractivity contribution in [2.75, 3.05) is 13.1 Å². The molecule has 2 atom stereocenters. The van der Waals surface area contributed by atoms with Gasteiger partial charge in [0.2, 0.25) is 10.0 Å². The fourth-order valence-electron chi connectivity index (χ4n) is 2.43. The van der Waals surface area contributed by atoms with Crippen molar-refractivity contribution in [2.24, 2.45) is 11.7 Å². The molecule has 4 nitrogen and oxygen atoms in total. The summed E-state index contributed by atoms with van der Waals surface area (Å²) in [4.78, 5) is -0.408. The third-order valence-corrected chi connectivity index (χ3v) is 6.00. The number of hydrogen-bond acceptors (Lipinski definition) is 3. The number of hydrogen-bond donors (Lipinski definition) is 1. The predicted octanol–water partition coefficient (Wildman–Crippen LogP) is 2.72. The molecule has 1 aromatic carbocycles. The van der Waals surface area contributed by atoms with Crippen LogP contribution in [0.1, 0.15) is 18.9 Å². The van der Waals surface area contributed by atoms with E-state index in [1.165, 1.54) is 4.31 Å². The molecule has 0 aliphatic carbocycles. The van der Waals surface area contributed by atoms with Gasteiger partial charge in [0.15, 0.2) is 0 Å². The van der Waals surface area contributed by atoms with Crippen LogP contribution in [0.3, 0.4) is 0 Å². The normalized spacial score (nSPS) is 22.0. The molecule has 0 bridgehead atoms. The molecule has 0 radical (unpaired) electrons. The van der Waals surface area contributed by atoms with E-state index in [2.05, 4.69) is 0 Å². The first-order valence-electron chi connectivity index (χ1n) is 6.66. The van der Waals surface area contributed by atoms with Crippen LogP contribution < -0.4 is 5.73 Å². The maximum Gasteiger partial charge on any atom is 0.417 e. The van der Waals surface area contributed by atoms with Crippen molar-refractivity contribution in [2.45, 2.75) is 30.5 Å². The summed E-state index contributed by atoms with van der Waals surface area (Å²) in [5.74, 6) is 0.00385. The molecular formula is C13H16ClF3N2O2S. The number of sulfonamides is 1. The summed E-state index contributed by atoms with van der Waals surface area (Å²) in [6.45, 7) is 2.24. The number of alkyl halides is 3. The standard InChI is InChI=1S/C13H16ClF3N2O2S/c1-8(18)9-4-5-19(7-9)22(20,21)10-2-3-12(14)11(6-10)13(15,16)17/h2-3,6,8-9H,4-5,7,18H2,1H3. The summed E-state index contributed by atoms with van der Waals surface area (Å²) < 4.78 is 64.7. The van der Waals surface area contributed by atoms with Gasteiger partial charge in [-0.15, -0.1) is 0 Å². The minimum Gasteiger partial charge on any atom is -0.328 e. The number of nitrogens with zero attached hydrogens (tertiary/aromatic N) is 1. The molecule has 2 unspecified atom stereocenters. The van der Waals surface area contributed by atoms with Crippen LogP contribution in [0.25, 0.3) is 0 Å². The van der Waals surface area contributed by atoms with Gasteiger partial charge in [0.1, 0.15) is 0 Å². The first kappa shape index (κ1) is 17.5. The Balaban J connectivity index is 2.35. The van der Waals surface area contributed by atoms with Crippen molar-refractivity contribution < 1.29 is 21.6 Å². The first-order valence-corrected chi connectivity index (χ1v) is 8.47. The summed E-state index contributed by atoms with van der Waals surface area (Å²) in [6, 6.07) is 2.45. The topological polar surface area (TPSA) is 63.4 Å². The van der Waals surface area contributed by atoms with Gasteiger partial charge in [-0.05, 0) is 37.5 Å². The lowest BCUT2D eigenvalue weighted by Gasteiger charge is -2.19. The van der Waals surface area contributed by atoms with Crippen LogP contribution >= 0.6 is 11.6 Å². The van der Waals surface area contributed by atoms with Crippen LogP contribution in [0.5, 0.6) is 0 Å². The molecule has 22 heavy (non-hydrogen) atoms. The summed E-state index contributed by atoms with van der Waals surface area (Å²) in [5.41, 5.74) is 4.60. The van der Waals surface area contributed by atoms with Crippen LogP contribution in [-0.2, 0) is 16.2 Å². The largest absolute Gasteiger partial charge is 0.417 e. The molecule has 1 aliphatic heterocycles. The summed E-state index contributed by atoms with van der Waals surface area (Å²) in [7, 11) is -3.99. The molecule has 1 heterocycles. The third kappa shape index (κ3) is 3.40. The molecule has 124 valence electrons. The fourth-order valence-corrected chi connectivity index (χ4v) is 4.20. The van der Waals surface area contributed by atoms with Gasteiger partial charge >= 0.3 is 6.18 Å². The molecule has 0 aromatic heterocycles. The Labute approximate surface area is 132 Å². The monoisotopic (exact) mass is 356 g/mol. The average Bonchev–Trinajstić information content (AvgIpc) is 2.87. The van der Waals surface area contributed by atoms with Crippen molar-refractivity contribution in [1.29, 1.82) is 0 Å². The van der Waals surface area contributed by atoms with Crippen LogP contribution in [0.15, 0.2) is 23.1 Å². The molecule has 1 aliphatic rings. The second-order valence-corrected chi connectivity index (χ2v) is 7.76. The molecule has 1 aromatic rings. The molecule has 1 saturated heterocycles. The smallest absolute Gasteiger partial charge is 0.328 e. The van der Waals surface area contributed by atoms with Gasteiger partial charge in [0.25, 0.3) is 0 Å². The van der Waals surface area contributed by atoms with E-state index in [9.17, 15) is 21.6 Å². The zero-order valence-corrected chi connectivity index (χ0v) is 13.3. The minimum absolute atomic E-state index is 0.00385. The Morgan fingerprint density at radius 2 is 2.05 bits per heavy atom. The highest BCUT2D eigenvalue weighted by atomic mass is 35.5. The lowest BCUT2D eigenvalue weighted by molar-refractivity contribution is -0.137. The van der Waals surface area contributed by atoms with E-state index in [1.807, 2.05) is 0 Å². The van der Waals surface area contributed by atoms with Gasteiger partial charge < -0.3 is 5.73 Å². The van der Waals surface area contributed by atoms with Crippen molar-refractivity contribution in [3.05, 3.63) is 28.8 Å². The molecule has 0 saturated carbocycles. The van der Waals surface area contributed by atoms with E-state index >= 15 is 0 Å². The van der Waals surface area contributed by atoms with Crippen molar-refractivity contribution in [3.8, 4) is 0 Å². The van der Waals surface area contributed by atoms with Gasteiger partial charge in [0.05, 0.1) is 15.5 Å². The number of nitrogens with two attached hydrogens (primary N) is 1. The Morgan fingerprint density at radius 3 is 2.55 bits per heavy atom. The Hall–Kier alpha value is -0.830. The van der Waals surface area contributed by atoms with Gasteiger partial charge in [-0.2, -0.15) is 17.5 Å². The van der Waals surface area contributed by atoms with Gasteiger partial charge in [0, 0.05) is 19.1 Å². The van der Waals surface area contributed by atoms with E-state index in [0.717, 1.165) is 12.1 Å². The van der Waals surface area contributed by atoms with Gasteiger partial charge in [-0.25, -0.2) is 8.42 Å². The number of benzene rings is 1. The highest BCUT2D eigenvalue weighted by Crippen LogP contribution is 2.37. The Morgan fingerprint density at radius 1 is 1.41 bits per heavy atom. The van der Waals surface area contributed by atoms with E-state index in [1.54, 1.807) is 6.92 Å². The van der Waals surface area contributed by atoms with Crippen molar-refractivity contribution >= 4 is 21.6 Å². The quantitative estimate of drug-likeness (QED) is 0.905. The van der Waals surface area contributed by atoms with Crippen LogP contribution in [0.4, 0.5) is 13.2 Å². The van der Waals surface area contributed by atoms with E-state index in [-0.39, 0.29) is 25.0 Å². The Kier molecular flexibility index (Phi) is 4.77. The lowest BCUT2D eigenvalue weighted by Crippen LogP contribution is -2.33. The second-order valence-electron chi connectivity index (χ2n) is 5.41. The number of rotatable bonds is 3. The molecular weight excluding hydrogens is 341 g/mol. The average molecular weight is 357 g/mol. The fraction of sp³-hybridized carbons (Fsp3) is 0.538. The number of halogens is 4.